The Morgan fingerprint density at radius 1 is 1.56 bits per heavy atom. The van der Waals surface area contributed by atoms with E-state index in [0.29, 0.717) is 4.88 Å². The standard InChI is InChI=1S/C10H14ClNO2S2/c1-3-4-5-6-15-10-12-8(11)7(16-10)9(13)14-2/h3-6H2,1-2H3. The van der Waals surface area contributed by atoms with Gasteiger partial charge in [0.2, 0.25) is 0 Å². The molecule has 1 aromatic heterocycles. The molecule has 0 saturated carbocycles. The Kier molecular flexibility index (Phi) is 6.16. The third kappa shape index (κ3) is 3.96. The molecule has 90 valence electrons. The summed E-state index contributed by atoms with van der Waals surface area (Å²) in [4.78, 5) is 15.8. The minimum atomic E-state index is -0.414. The molecule has 1 aromatic rings. The van der Waals surface area contributed by atoms with E-state index < -0.39 is 5.97 Å². The number of ether oxygens (including phenoxy) is 1. The molecule has 0 saturated heterocycles. The topological polar surface area (TPSA) is 39.2 Å². The van der Waals surface area contributed by atoms with Crippen molar-refractivity contribution < 1.29 is 9.53 Å². The van der Waals surface area contributed by atoms with Gasteiger partial charge in [-0.1, -0.05) is 54.5 Å². The van der Waals surface area contributed by atoms with Crippen LogP contribution in [0, 0.1) is 0 Å². The lowest BCUT2D eigenvalue weighted by Gasteiger charge is -1.95. The summed E-state index contributed by atoms with van der Waals surface area (Å²) in [5, 5.41) is 0.245. The van der Waals surface area contributed by atoms with Crippen LogP contribution in [0.25, 0.3) is 0 Å². The minimum Gasteiger partial charge on any atom is -0.465 e. The molecule has 0 atom stereocenters. The molecule has 0 aromatic carbocycles. The predicted octanol–water partition coefficient (Wildman–Crippen LogP) is 3.87. The number of thiazole rings is 1. The molecular formula is C10H14ClNO2S2. The van der Waals surface area contributed by atoms with E-state index in [0.717, 1.165) is 16.5 Å². The molecular weight excluding hydrogens is 266 g/mol. The third-order valence-corrected chi connectivity index (χ3v) is 4.56. The Bertz CT molecular complexity index is 355. The van der Waals surface area contributed by atoms with Gasteiger partial charge in [-0.25, -0.2) is 9.78 Å². The SMILES string of the molecule is CCCCCSc1nc(Cl)c(C(=O)OC)s1. The van der Waals surface area contributed by atoms with Crippen molar-refractivity contribution in [1.29, 1.82) is 0 Å². The van der Waals surface area contributed by atoms with Gasteiger partial charge in [0.15, 0.2) is 14.4 Å². The zero-order valence-electron chi connectivity index (χ0n) is 9.29. The molecule has 3 nitrogen and oxygen atoms in total. The highest BCUT2D eigenvalue weighted by molar-refractivity contribution is 8.01. The van der Waals surface area contributed by atoms with Crippen molar-refractivity contribution >= 4 is 40.7 Å². The molecule has 0 N–H and O–H groups in total. The van der Waals surface area contributed by atoms with E-state index in [1.165, 1.54) is 31.3 Å². The summed E-state index contributed by atoms with van der Waals surface area (Å²) >= 11 is 8.78. The van der Waals surface area contributed by atoms with Crippen molar-refractivity contribution in [3.05, 3.63) is 10.0 Å². The maximum absolute atomic E-state index is 11.3. The molecule has 0 spiro atoms. The van der Waals surface area contributed by atoms with Gasteiger partial charge in [-0.2, -0.15) is 0 Å². The van der Waals surface area contributed by atoms with Crippen molar-refractivity contribution in [2.75, 3.05) is 12.9 Å². The fourth-order valence-electron chi connectivity index (χ4n) is 1.08. The van der Waals surface area contributed by atoms with E-state index in [-0.39, 0.29) is 5.15 Å². The maximum atomic E-state index is 11.3. The first-order chi connectivity index (χ1) is 7.69. The van der Waals surface area contributed by atoms with Crippen LogP contribution in [0.1, 0.15) is 35.9 Å². The normalized spacial score (nSPS) is 10.4. The van der Waals surface area contributed by atoms with E-state index in [1.807, 2.05) is 0 Å². The molecule has 0 amide bonds. The van der Waals surface area contributed by atoms with Gasteiger partial charge in [0.25, 0.3) is 0 Å². The van der Waals surface area contributed by atoms with Crippen LogP contribution in [0.2, 0.25) is 5.15 Å². The second-order valence-corrected chi connectivity index (χ2v) is 5.85. The highest BCUT2D eigenvalue weighted by Gasteiger charge is 2.17. The van der Waals surface area contributed by atoms with Crippen LogP contribution in [0.5, 0.6) is 0 Å². The van der Waals surface area contributed by atoms with Gasteiger partial charge < -0.3 is 4.74 Å². The molecule has 1 heterocycles. The van der Waals surface area contributed by atoms with Crippen molar-refractivity contribution in [3.8, 4) is 0 Å². The lowest BCUT2D eigenvalue weighted by molar-refractivity contribution is 0.0606. The van der Waals surface area contributed by atoms with Gasteiger partial charge in [0.1, 0.15) is 0 Å². The van der Waals surface area contributed by atoms with Gasteiger partial charge in [0.05, 0.1) is 7.11 Å². The second kappa shape index (κ2) is 7.14. The van der Waals surface area contributed by atoms with Crippen molar-refractivity contribution in [2.24, 2.45) is 0 Å². The van der Waals surface area contributed by atoms with Gasteiger partial charge in [-0.05, 0) is 6.42 Å². The zero-order chi connectivity index (χ0) is 12.0. The fourth-order valence-corrected chi connectivity index (χ4v) is 3.48. The van der Waals surface area contributed by atoms with E-state index in [4.69, 9.17) is 11.6 Å². The van der Waals surface area contributed by atoms with Gasteiger partial charge in [0, 0.05) is 5.75 Å². The number of unbranched alkanes of at least 4 members (excludes halogenated alkanes) is 2. The van der Waals surface area contributed by atoms with E-state index >= 15 is 0 Å². The monoisotopic (exact) mass is 279 g/mol. The van der Waals surface area contributed by atoms with Crippen molar-refractivity contribution in [1.82, 2.24) is 4.98 Å². The number of halogens is 1. The number of thioether (sulfide) groups is 1. The number of aromatic nitrogens is 1. The van der Waals surface area contributed by atoms with Crippen LogP contribution in [0.15, 0.2) is 4.34 Å². The quantitative estimate of drug-likeness (QED) is 0.450. The Morgan fingerprint density at radius 3 is 2.94 bits per heavy atom. The third-order valence-electron chi connectivity index (χ3n) is 1.91. The minimum absolute atomic E-state index is 0.245. The summed E-state index contributed by atoms with van der Waals surface area (Å²) in [6, 6.07) is 0. The Labute approximate surface area is 109 Å². The van der Waals surface area contributed by atoms with E-state index in [2.05, 4.69) is 16.6 Å². The summed E-state index contributed by atoms with van der Waals surface area (Å²) < 4.78 is 5.45. The van der Waals surface area contributed by atoms with E-state index in [1.54, 1.807) is 11.8 Å². The average molecular weight is 280 g/mol. The number of esters is 1. The molecule has 0 aliphatic rings. The first kappa shape index (κ1) is 13.8. The number of carbonyl (C=O) groups excluding carboxylic acids is 1. The molecule has 1 rings (SSSR count). The molecule has 0 fully saturated rings. The van der Waals surface area contributed by atoms with Crippen LogP contribution in [-0.4, -0.2) is 23.8 Å². The zero-order valence-corrected chi connectivity index (χ0v) is 11.7. The molecule has 6 heteroatoms. The number of methoxy groups -OCH3 is 1. The van der Waals surface area contributed by atoms with Crippen LogP contribution < -0.4 is 0 Å². The highest BCUT2D eigenvalue weighted by atomic mass is 35.5. The van der Waals surface area contributed by atoms with Crippen molar-refractivity contribution in [3.63, 3.8) is 0 Å². The molecule has 16 heavy (non-hydrogen) atoms. The van der Waals surface area contributed by atoms with Crippen LogP contribution in [-0.2, 0) is 4.74 Å². The summed E-state index contributed by atoms with van der Waals surface area (Å²) in [7, 11) is 1.34. The number of hydrogen-bond donors (Lipinski definition) is 0. The average Bonchev–Trinajstić information content (AvgIpc) is 2.65. The van der Waals surface area contributed by atoms with Crippen molar-refractivity contribution in [2.45, 2.75) is 30.5 Å². The number of hydrogen-bond acceptors (Lipinski definition) is 5. The van der Waals surface area contributed by atoms with Crippen LogP contribution in [0.3, 0.4) is 0 Å². The number of rotatable bonds is 6. The lowest BCUT2D eigenvalue weighted by atomic mass is 10.3. The molecule has 0 unspecified atom stereocenters. The maximum Gasteiger partial charge on any atom is 0.351 e. The summed E-state index contributed by atoms with van der Waals surface area (Å²) in [5.41, 5.74) is 0. The predicted molar refractivity (Wildman–Crippen MR) is 68.7 cm³/mol. The molecule has 0 radical (unpaired) electrons. The Balaban J connectivity index is 2.52. The van der Waals surface area contributed by atoms with Gasteiger partial charge in [-0.15, -0.1) is 0 Å². The summed E-state index contributed by atoms with van der Waals surface area (Å²) in [6.07, 6.45) is 3.58. The number of nitrogens with zero attached hydrogens (tertiary/aromatic N) is 1. The molecule has 0 aliphatic heterocycles. The second-order valence-electron chi connectivity index (χ2n) is 3.15. The molecule has 0 bridgehead atoms. The van der Waals surface area contributed by atoms with E-state index in [9.17, 15) is 4.79 Å². The summed E-state index contributed by atoms with van der Waals surface area (Å²) in [5.74, 6) is 0.598. The van der Waals surface area contributed by atoms with Crippen LogP contribution >= 0.6 is 34.7 Å². The lowest BCUT2D eigenvalue weighted by Crippen LogP contribution is -1.98. The highest BCUT2D eigenvalue weighted by Crippen LogP contribution is 2.31. The first-order valence-corrected chi connectivity index (χ1v) is 7.24. The first-order valence-electron chi connectivity index (χ1n) is 5.06. The summed E-state index contributed by atoms with van der Waals surface area (Å²) in [6.45, 7) is 2.17. The smallest absolute Gasteiger partial charge is 0.351 e. The number of carbonyl (C=O) groups is 1. The largest absolute Gasteiger partial charge is 0.465 e. The Hall–Kier alpha value is -0.260. The molecule has 0 aliphatic carbocycles. The van der Waals surface area contributed by atoms with Gasteiger partial charge >= 0.3 is 5.97 Å². The fraction of sp³-hybridized carbons (Fsp3) is 0.600. The van der Waals surface area contributed by atoms with Gasteiger partial charge in [-0.3, -0.25) is 0 Å². The van der Waals surface area contributed by atoms with Crippen LogP contribution in [0.4, 0.5) is 0 Å². The Morgan fingerprint density at radius 2 is 2.31 bits per heavy atom.